The molecule has 3 aliphatic rings. The summed E-state index contributed by atoms with van der Waals surface area (Å²) >= 11 is 0. The molecule has 1 N–H and O–H groups in total. The van der Waals surface area contributed by atoms with Gasteiger partial charge in [-0.1, -0.05) is 43.7 Å². The molecule has 4 aromatic rings. The fraction of sp³-hybridized carbons (Fsp3) is 0.471. The van der Waals surface area contributed by atoms with Crippen LogP contribution in [-0.2, 0) is 11.2 Å². The zero-order valence-corrected chi connectivity index (χ0v) is 24.5. The number of likely N-dealkylation sites (tertiary alicyclic amines) is 1. The summed E-state index contributed by atoms with van der Waals surface area (Å²) in [6.07, 6.45) is 6.64. The Kier molecular flexibility index (Phi) is 7.14. The van der Waals surface area contributed by atoms with E-state index < -0.39 is 5.82 Å². The Labute approximate surface area is 246 Å². The van der Waals surface area contributed by atoms with E-state index in [4.69, 9.17) is 19.4 Å². The lowest BCUT2D eigenvalue weighted by Gasteiger charge is -2.44. The molecule has 2 aliphatic heterocycles. The molecular formula is C34H39FN4O3. The largest absolute Gasteiger partial charge is 0.507 e. The van der Waals surface area contributed by atoms with Crippen LogP contribution in [-0.4, -0.2) is 72.5 Å². The van der Waals surface area contributed by atoms with E-state index in [0.717, 1.165) is 48.6 Å². The number of phenolic OH excluding ortho intramolecular Hbond substituents is 1. The molecule has 1 aliphatic carbocycles. The maximum Gasteiger partial charge on any atom is 0.319 e. The molecule has 2 saturated heterocycles. The van der Waals surface area contributed by atoms with Crippen molar-refractivity contribution in [2.24, 2.45) is 5.41 Å². The molecule has 3 heterocycles. The average Bonchev–Trinajstić information content (AvgIpc) is 3.46. The van der Waals surface area contributed by atoms with Gasteiger partial charge in [0.1, 0.15) is 17.1 Å². The predicted molar refractivity (Wildman–Crippen MR) is 164 cm³/mol. The molecule has 8 heteroatoms. The summed E-state index contributed by atoms with van der Waals surface area (Å²) in [6, 6.07) is 13.9. The van der Waals surface area contributed by atoms with Crippen molar-refractivity contribution in [3.8, 4) is 22.9 Å². The van der Waals surface area contributed by atoms with Crippen molar-refractivity contribution >= 4 is 27.5 Å². The lowest BCUT2D eigenvalue weighted by atomic mass is 9.76. The monoisotopic (exact) mass is 570 g/mol. The van der Waals surface area contributed by atoms with Crippen LogP contribution in [0.25, 0.3) is 32.8 Å². The average molecular weight is 571 g/mol. The summed E-state index contributed by atoms with van der Waals surface area (Å²) in [7, 11) is 2.22. The fourth-order valence-corrected chi connectivity index (χ4v) is 7.79. The first-order valence-electron chi connectivity index (χ1n) is 15.4. The van der Waals surface area contributed by atoms with Crippen molar-refractivity contribution in [1.82, 2.24) is 14.9 Å². The van der Waals surface area contributed by atoms with Gasteiger partial charge in [0.2, 0.25) is 0 Å². The normalized spacial score (nSPS) is 23.0. The number of rotatable bonds is 6. The summed E-state index contributed by atoms with van der Waals surface area (Å²) in [5.74, 6) is 0.231. The van der Waals surface area contributed by atoms with E-state index >= 15 is 4.39 Å². The number of morpholine rings is 1. The summed E-state index contributed by atoms with van der Waals surface area (Å²) in [6.45, 7) is 6.25. The highest BCUT2D eigenvalue weighted by Gasteiger charge is 2.47. The molecule has 3 fully saturated rings. The van der Waals surface area contributed by atoms with Gasteiger partial charge in [0, 0.05) is 41.1 Å². The second-order valence-electron chi connectivity index (χ2n) is 12.2. The van der Waals surface area contributed by atoms with Crippen LogP contribution in [0, 0.1) is 11.2 Å². The van der Waals surface area contributed by atoms with Crippen molar-refractivity contribution < 1.29 is 19.0 Å². The Morgan fingerprint density at radius 2 is 1.81 bits per heavy atom. The van der Waals surface area contributed by atoms with Gasteiger partial charge in [-0.25, -0.2) is 4.39 Å². The molecule has 0 amide bonds. The molecule has 0 bridgehead atoms. The first-order valence-corrected chi connectivity index (χ1v) is 15.4. The number of nitrogens with zero attached hydrogens (tertiary/aromatic N) is 4. The molecule has 0 spiro atoms. The molecular weight excluding hydrogens is 531 g/mol. The van der Waals surface area contributed by atoms with Crippen LogP contribution in [0.1, 0.15) is 44.6 Å². The lowest BCUT2D eigenvalue weighted by molar-refractivity contribution is 0.0133. The molecule has 42 heavy (non-hydrogen) atoms. The number of piperidine rings is 1. The quantitative estimate of drug-likeness (QED) is 0.290. The van der Waals surface area contributed by atoms with Gasteiger partial charge >= 0.3 is 6.01 Å². The van der Waals surface area contributed by atoms with Crippen LogP contribution in [0.5, 0.6) is 11.8 Å². The molecule has 1 aromatic heterocycles. The van der Waals surface area contributed by atoms with Gasteiger partial charge < -0.3 is 24.4 Å². The van der Waals surface area contributed by atoms with Crippen LogP contribution >= 0.6 is 0 Å². The van der Waals surface area contributed by atoms with Crippen LogP contribution in [0.15, 0.2) is 42.5 Å². The number of ether oxygens (including phenoxy) is 2. The van der Waals surface area contributed by atoms with E-state index in [-0.39, 0.29) is 22.7 Å². The Balaban J connectivity index is 1.35. The van der Waals surface area contributed by atoms with Gasteiger partial charge in [-0.3, -0.25) is 0 Å². The fourth-order valence-electron chi connectivity index (χ4n) is 7.79. The van der Waals surface area contributed by atoms with Gasteiger partial charge in [-0.05, 0) is 74.2 Å². The smallest absolute Gasteiger partial charge is 0.319 e. The number of phenols is 1. The number of aryl methyl sites for hydroxylation is 1. The maximum absolute atomic E-state index is 16.7. The summed E-state index contributed by atoms with van der Waals surface area (Å²) in [5.41, 5.74) is 2.24. The Bertz CT molecular complexity index is 1640. The number of benzene rings is 3. The molecule has 0 radical (unpaired) electrons. The Hall–Kier alpha value is -3.49. The zero-order chi connectivity index (χ0) is 28.8. The second-order valence-corrected chi connectivity index (χ2v) is 12.2. The Morgan fingerprint density at radius 1 is 1.00 bits per heavy atom. The van der Waals surface area contributed by atoms with Crippen molar-refractivity contribution in [2.75, 3.05) is 51.4 Å². The van der Waals surface area contributed by atoms with Gasteiger partial charge in [-0.15, -0.1) is 0 Å². The van der Waals surface area contributed by atoms with Crippen molar-refractivity contribution in [3.05, 3.63) is 53.8 Å². The summed E-state index contributed by atoms with van der Waals surface area (Å²) in [4.78, 5) is 14.2. The van der Waals surface area contributed by atoms with Crippen LogP contribution in [0.2, 0.25) is 0 Å². The minimum atomic E-state index is -0.478. The molecule has 220 valence electrons. The first kappa shape index (κ1) is 27.3. The minimum Gasteiger partial charge on any atom is -0.507 e. The van der Waals surface area contributed by atoms with Gasteiger partial charge in [-0.2, -0.15) is 9.97 Å². The topological polar surface area (TPSA) is 71.0 Å². The molecule has 7 rings (SSSR count). The number of aromatic nitrogens is 2. The van der Waals surface area contributed by atoms with Crippen molar-refractivity contribution in [3.63, 3.8) is 0 Å². The van der Waals surface area contributed by atoms with E-state index in [1.807, 2.05) is 24.3 Å². The molecule has 0 unspecified atom stereocenters. The minimum absolute atomic E-state index is 0.0423. The number of fused-ring (bicyclic) bond motifs is 3. The maximum atomic E-state index is 16.7. The third-order valence-corrected chi connectivity index (χ3v) is 9.92. The van der Waals surface area contributed by atoms with E-state index in [2.05, 4.69) is 29.8 Å². The van der Waals surface area contributed by atoms with Gasteiger partial charge in [0.05, 0.1) is 19.8 Å². The SMILES string of the molecule is CCc1cccc2c(-c3ccc4c(N5CCOCC5)nc(OC[C@]56CCC[C@H]5N(C)CCC6)nc4c3F)c(O)ccc12. The second kappa shape index (κ2) is 11.0. The Morgan fingerprint density at radius 3 is 2.64 bits per heavy atom. The standard InChI is InChI=1S/C34H39FN4O3/c1-3-22-7-4-8-24-23(22)12-13-27(40)29(24)25-10-11-26-31(30(25)35)36-33(37-32(26)39-17-19-41-20-18-39)42-21-34-14-5-9-28(34)38(2)16-6-15-34/h4,7-8,10-13,28,40H,3,5-6,9,14-21H2,1-2H3/t28-,34-/m1/s1. The number of hydrogen-bond acceptors (Lipinski definition) is 7. The van der Waals surface area contributed by atoms with E-state index in [1.165, 1.54) is 12.8 Å². The number of hydrogen-bond donors (Lipinski definition) is 1. The molecule has 3 aromatic carbocycles. The number of halogens is 1. The van der Waals surface area contributed by atoms with Crippen molar-refractivity contribution in [1.29, 1.82) is 0 Å². The third kappa shape index (κ3) is 4.56. The van der Waals surface area contributed by atoms with Crippen molar-refractivity contribution in [2.45, 2.75) is 51.5 Å². The zero-order valence-electron chi connectivity index (χ0n) is 24.5. The first-order chi connectivity index (χ1) is 20.5. The number of aromatic hydroxyl groups is 1. The van der Waals surface area contributed by atoms with Gasteiger partial charge in [0.25, 0.3) is 0 Å². The van der Waals surface area contributed by atoms with E-state index in [0.29, 0.717) is 61.3 Å². The van der Waals surface area contributed by atoms with E-state index in [9.17, 15) is 5.11 Å². The molecule has 2 atom stereocenters. The highest BCUT2D eigenvalue weighted by Crippen LogP contribution is 2.48. The van der Waals surface area contributed by atoms with Crippen LogP contribution < -0.4 is 9.64 Å². The predicted octanol–water partition coefficient (Wildman–Crippen LogP) is 6.34. The summed E-state index contributed by atoms with van der Waals surface area (Å²) < 4.78 is 28.8. The lowest BCUT2D eigenvalue weighted by Crippen LogP contribution is -2.50. The summed E-state index contributed by atoms with van der Waals surface area (Å²) in [5, 5.41) is 13.5. The van der Waals surface area contributed by atoms with Crippen LogP contribution in [0.4, 0.5) is 10.2 Å². The van der Waals surface area contributed by atoms with E-state index in [1.54, 1.807) is 12.1 Å². The van der Waals surface area contributed by atoms with Gasteiger partial charge in [0.15, 0.2) is 5.82 Å². The highest BCUT2D eigenvalue weighted by atomic mass is 19.1. The molecule has 7 nitrogen and oxygen atoms in total. The third-order valence-electron chi connectivity index (χ3n) is 9.92. The number of anilines is 1. The van der Waals surface area contributed by atoms with Crippen LogP contribution in [0.3, 0.4) is 0 Å². The highest BCUT2D eigenvalue weighted by molar-refractivity contribution is 6.03. The molecule has 1 saturated carbocycles.